The highest BCUT2D eigenvalue weighted by atomic mass is 35.5. The molecule has 1 aliphatic rings. The molecular formula is C20H17ClN2O4S. The van der Waals surface area contributed by atoms with Crippen LogP contribution in [0.1, 0.15) is 11.1 Å². The number of halogens is 1. The summed E-state index contributed by atoms with van der Waals surface area (Å²) in [5.74, 6) is -0.241. The number of carbonyl (C=O) groups is 2. The molecule has 144 valence electrons. The lowest BCUT2D eigenvalue weighted by atomic mass is 10.0. The number of benzene rings is 2. The van der Waals surface area contributed by atoms with Crippen LogP contribution in [-0.2, 0) is 9.59 Å². The quantitative estimate of drug-likeness (QED) is 0.469. The first-order valence-electron chi connectivity index (χ1n) is 8.26. The average Bonchev–Trinajstić information content (AvgIpc) is 2.67. The standard InChI is InChI=1S/C20H17ClN2O4S/c1-11-14(21)7-5-8-15(11)23-19(25)13(18(24)22-20(23)28)10-12-6-4-9-16(26-2)17(12)27-3/h4-10H,1-3H3,(H,22,24,28)/b13-10+. The predicted octanol–water partition coefficient (Wildman–Crippen LogP) is 3.50. The number of nitrogens with one attached hydrogen (secondary N) is 1. The van der Waals surface area contributed by atoms with E-state index in [1.807, 2.05) is 0 Å². The van der Waals surface area contributed by atoms with Gasteiger partial charge in [0.15, 0.2) is 16.6 Å². The molecule has 8 heteroatoms. The Kier molecular flexibility index (Phi) is 5.67. The lowest BCUT2D eigenvalue weighted by Gasteiger charge is -2.30. The number of nitrogens with zero attached hydrogens (tertiary/aromatic N) is 1. The number of para-hydroxylation sites is 1. The van der Waals surface area contributed by atoms with Crippen LogP contribution in [-0.4, -0.2) is 31.1 Å². The SMILES string of the molecule is COc1cccc(/C=C2\C(=O)NC(=S)N(c3cccc(Cl)c3C)C2=O)c1OC. The van der Waals surface area contributed by atoms with Gasteiger partial charge in [-0.2, -0.15) is 0 Å². The molecule has 0 radical (unpaired) electrons. The van der Waals surface area contributed by atoms with Crippen molar-refractivity contribution in [3.63, 3.8) is 0 Å². The molecule has 28 heavy (non-hydrogen) atoms. The number of amides is 2. The molecule has 0 unspecified atom stereocenters. The van der Waals surface area contributed by atoms with Crippen LogP contribution in [0.5, 0.6) is 11.5 Å². The van der Waals surface area contributed by atoms with Crippen molar-refractivity contribution in [2.45, 2.75) is 6.92 Å². The van der Waals surface area contributed by atoms with E-state index in [1.165, 1.54) is 25.2 Å². The highest BCUT2D eigenvalue weighted by molar-refractivity contribution is 7.80. The number of carbonyl (C=O) groups excluding carboxylic acids is 2. The fourth-order valence-electron chi connectivity index (χ4n) is 2.90. The topological polar surface area (TPSA) is 67.9 Å². The molecule has 1 N–H and O–H groups in total. The number of methoxy groups -OCH3 is 2. The van der Waals surface area contributed by atoms with Gasteiger partial charge in [0.25, 0.3) is 11.8 Å². The van der Waals surface area contributed by atoms with Gasteiger partial charge in [0.1, 0.15) is 5.57 Å². The number of anilines is 1. The molecule has 3 rings (SSSR count). The van der Waals surface area contributed by atoms with Crippen LogP contribution in [0.2, 0.25) is 5.02 Å². The van der Waals surface area contributed by atoms with E-state index in [4.69, 9.17) is 33.3 Å². The Hall–Kier alpha value is -2.90. The van der Waals surface area contributed by atoms with Gasteiger partial charge in [-0.05, 0) is 49.0 Å². The summed E-state index contributed by atoms with van der Waals surface area (Å²) < 4.78 is 10.6. The summed E-state index contributed by atoms with van der Waals surface area (Å²) in [5, 5.41) is 3.04. The fraction of sp³-hybridized carbons (Fsp3) is 0.150. The third-order valence-corrected chi connectivity index (χ3v) is 5.01. The predicted molar refractivity (Wildman–Crippen MR) is 112 cm³/mol. The van der Waals surface area contributed by atoms with E-state index in [1.54, 1.807) is 43.3 Å². The van der Waals surface area contributed by atoms with Crippen molar-refractivity contribution in [2.24, 2.45) is 0 Å². The molecule has 1 saturated heterocycles. The lowest BCUT2D eigenvalue weighted by molar-refractivity contribution is -0.122. The van der Waals surface area contributed by atoms with E-state index in [0.29, 0.717) is 33.3 Å². The molecule has 2 amide bonds. The minimum atomic E-state index is -0.587. The molecule has 0 atom stereocenters. The minimum absolute atomic E-state index is 0.00451. The smallest absolute Gasteiger partial charge is 0.270 e. The van der Waals surface area contributed by atoms with Crippen LogP contribution < -0.4 is 19.7 Å². The van der Waals surface area contributed by atoms with Crippen molar-refractivity contribution in [3.05, 3.63) is 58.1 Å². The molecule has 0 aliphatic carbocycles. The molecule has 6 nitrogen and oxygen atoms in total. The van der Waals surface area contributed by atoms with E-state index < -0.39 is 11.8 Å². The Bertz CT molecular complexity index is 1020. The van der Waals surface area contributed by atoms with Crippen molar-refractivity contribution in [2.75, 3.05) is 19.1 Å². The summed E-state index contributed by atoms with van der Waals surface area (Å²) in [5.41, 5.74) is 1.62. The van der Waals surface area contributed by atoms with Gasteiger partial charge < -0.3 is 9.47 Å². The number of thiocarbonyl (C=S) groups is 1. The second kappa shape index (κ2) is 8.00. The molecule has 1 heterocycles. The van der Waals surface area contributed by atoms with Gasteiger partial charge in [0.05, 0.1) is 19.9 Å². The maximum Gasteiger partial charge on any atom is 0.270 e. The summed E-state index contributed by atoms with van der Waals surface area (Å²) in [6.07, 6.45) is 1.45. The Morgan fingerprint density at radius 2 is 1.82 bits per heavy atom. The molecule has 2 aromatic rings. The number of hydrogen-bond acceptors (Lipinski definition) is 5. The van der Waals surface area contributed by atoms with Gasteiger partial charge in [0, 0.05) is 10.6 Å². The highest BCUT2D eigenvalue weighted by Gasteiger charge is 2.35. The molecule has 0 aromatic heterocycles. The van der Waals surface area contributed by atoms with Gasteiger partial charge in [-0.15, -0.1) is 0 Å². The average molecular weight is 417 g/mol. The molecule has 1 aliphatic heterocycles. The number of hydrogen-bond donors (Lipinski definition) is 1. The Balaban J connectivity index is 2.11. The summed E-state index contributed by atoms with van der Waals surface area (Å²) in [7, 11) is 2.99. The number of ether oxygens (including phenoxy) is 2. The Labute approximate surface area is 172 Å². The van der Waals surface area contributed by atoms with Gasteiger partial charge >= 0.3 is 0 Å². The van der Waals surface area contributed by atoms with Crippen LogP contribution in [0.4, 0.5) is 5.69 Å². The third kappa shape index (κ3) is 3.46. The molecule has 0 spiro atoms. The van der Waals surface area contributed by atoms with Crippen molar-refractivity contribution < 1.29 is 19.1 Å². The highest BCUT2D eigenvalue weighted by Crippen LogP contribution is 2.34. The van der Waals surface area contributed by atoms with Gasteiger partial charge in [-0.25, -0.2) is 0 Å². The molecule has 0 saturated carbocycles. The second-order valence-electron chi connectivity index (χ2n) is 5.92. The zero-order chi connectivity index (χ0) is 20.4. The fourth-order valence-corrected chi connectivity index (χ4v) is 3.34. The Morgan fingerprint density at radius 3 is 2.50 bits per heavy atom. The zero-order valence-corrected chi connectivity index (χ0v) is 17.0. The van der Waals surface area contributed by atoms with Crippen molar-refractivity contribution in [1.29, 1.82) is 0 Å². The van der Waals surface area contributed by atoms with Crippen LogP contribution in [0.15, 0.2) is 42.0 Å². The monoisotopic (exact) mass is 416 g/mol. The maximum absolute atomic E-state index is 13.2. The maximum atomic E-state index is 13.2. The van der Waals surface area contributed by atoms with Crippen LogP contribution in [0.25, 0.3) is 6.08 Å². The van der Waals surface area contributed by atoms with E-state index >= 15 is 0 Å². The van der Waals surface area contributed by atoms with E-state index in [2.05, 4.69) is 5.32 Å². The normalized spacial score (nSPS) is 15.6. The molecule has 1 fully saturated rings. The molecular weight excluding hydrogens is 400 g/mol. The van der Waals surface area contributed by atoms with Crippen molar-refractivity contribution >= 4 is 52.5 Å². The van der Waals surface area contributed by atoms with Crippen LogP contribution in [0, 0.1) is 6.92 Å². The summed E-state index contributed by atoms with van der Waals surface area (Å²) >= 11 is 11.4. The molecule has 0 bridgehead atoms. The lowest BCUT2D eigenvalue weighted by Crippen LogP contribution is -2.54. The van der Waals surface area contributed by atoms with Gasteiger partial charge in [-0.3, -0.25) is 19.8 Å². The minimum Gasteiger partial charge on any atom is -0.493 e. The van der Waals surface area contributed by atoms with E-state index in [0.717, 1.165) is 0 Å². The summed E-state index contributed by atoms with van der Waals surface area (Å²) in [6.45, 7) is 1.78. The summed E-state index contributed by atoms with van der Waals surface area (Å²) in [6, 6.07) is 10.3. The second-order valence-corrected chi connectivity index (χ2v) is 6.72. The van der Waals surface area contributed by atoms with Crippen LogP contribution >= 0.6 is 23.8 Å². The van der Waals surface area contributed by atoms with Gasteiger partial charge in [-0.1, -0.05) is 29.8 Å². The first-order chi connectivity index (χ1) is 13.4. The van der Waals surface area contributed by atoms with Crippen molar-refractivity contribution in [3.8, 4) is 11.5 Å². The first kappa shape index (κ1) is 19.9. The van der Waals surface area contributed by atoms with Crippen LogP contribution in [0.3, 0.4) is 0 Å². The Morgan fingerprint density at radius 1 is 1.11 bits per heavy atom. The zero-order valence-electron chi connectivity index (χ0n) is 15.4. The summed E-state index contributed by atoms with van der Waals surface area (Å²) in [4.78, 5) is 26.9. The first-order valence-corrected chi connectivity index (χ1v) is 9.05. The van der Waals surface area contributed by atoms with E-state index in [9.17, 15) is 9.59 Å². The van der Waals surface area contributed by atoms with Crippen molar-refractivity contribution in [1.82, 2.24) is 5.32 Å². The van der Waals surface area contributed by atoms with E-state index in [-0.39, 0.29) is 10.7 Å². The number of rotatable bonds is 4. The largest absolute Gasteiger partial charge is 0.493 e. The third-order valence-electron chi connectivity index (χ3n) is 4.31. The molecule has 2 aromatic carbocycles. The van der Waals surface area contributed by atoms with Gasteiger partial charge in [0.2, 0.25) is 0 Å².